The first kappa shape index (κ1) is 14.1. The van der Waals surface area contributed by atoms with Gasteiger partial charge >= 0.3 is 0 Å². The third-order valence-corrected chi connectivity index (χ3v) is 5.18. The second-order valence-corrected chi connectivity index (χ2v) is 6.95. The molecule has 112 valence electrons. The SMILES string of the molecule is CC1CCC(c2noc(CC(C)C3CCCNC3)n2)C1. The van der Waals surface area contributed by atoms with Crippen LogP contribution in [0.25, 0.3) is 0 Å². The third kappa shape index (κ3) is 3.22. The van der Waals surface area contributed by atoms with Gasteiger partial charge < -0.3 is 9.84 Å². The molecule has 0 aromatic carbocycles. The van der Waals surface area contributed by atoms with Crippen LogP contribution >= 0.6 is 0 Å². The normalized spacial score (nSPS) is 32.4. The Hall–Kier alpha value is -0.900. The van der Waals surface area contributed by atoms with Crippen LogP contribution in [-0.2, 0) is 6.42 Å². The van der Waals surface area contributed by atoms with Crippen LogP contribution in [0, 0.1) is 17.8 Å². The Morgan fingerprint density at radius 2 is 2.25 bits per heavy atom. The Labute approximate surface area is 121 Å². The van der Waals surface area contributed by atoms with E-state index in [2.05, 4.69) is 29.3 Å². The van der Waals surface area contributed by atoms with Crippen LogP contribution in [-0.4, -0.2) is 23.2 Å². The third-order valence-electron chi connectivity index (χ3n) is 5.18. The predicted molar refractivity (Wildman–Crippen MR) is 78.5 cm³/mol. The van der Waals surface area contributed by atoms with Gasteiger partial charge in [-0.3, -0.25) is 0 Å². The largest absolute Gasteiger partial charge is 0.339 e. The lowest BCUT2D eigenvalue weighted by molar-refractivity contribution is 0.256. The van der Waals surface area contributed by atoms with Crippen molar-refractivity contribution in [3.63, 3.8) is 0 Å². The van der Waals surface area contributed by atoms with Crippen LogP contribution in [0.5, 0.6) is 0 Å². The molecular formula is C16H27N3O. The van der Waals surface area contributed by atoms with Crippen molar-refractivity contribution < 1.29 is 4.52 Å². The maximum Gasteiger partial charge on any atom is 0.226 e. The lowest BCUT2D eigenvalue weighted by Crippen LogP contribution is -2.33. The van der Waals surface area contributed by atoms with Gasteiger partial charge in [0.1, 0.15) is 0 Å². The molecule has 1 aliphatic heterocycles. The molecule has 2 fully saturated rings. The molecule has 4 unspecified atom stereocenters. The minimum Gasteiger partial charge on any atom is -0.339 e. The van der Waals surface area contributed by atoms with E-state index < -0.39 is 0 Å². The predicted octanol–water partition coefficient (Wildman–Crippen LogP) is 3.15. The van der Waals surface area contributed by atoms with Crippen LogP contribution in [0.15, 0.2) is 4.52 Å². The fraction of sp³-hybridized carbons (Fsp3) is 0.875. The van der Waals surface area contributed by atoms with E-state index in [4.69, 9.17) is 4.52 Å². The Bertz CT molecular complexity index is 425. The number of rotatable bonds is 4. The van der Waals surface area contributed by atoms with E-state index in [9.17, 15) is 0 Å². The number of nitrogens with zero attached hydrogens (tertiary/aromatic N) is 2. The Morgan fingerprint density at radius 3 is 2.95 bits per heavy atom. The maximum atomic E-state index is 5.49. The molecular weight excluding hydrogens is 250 g/mol. The van der Waals surface area contributed by atoms with Gasteiger partial charge in [0.25, 0.3) is 0 Å². The van der Waals surface area contributed by atoms with Gasteiger partial charge in [-0.2, -0.15) is 4.98 Å². The summed E-state index contributed by atoms with van der Waals surface area (Å²) in [5.41, 5.74) is 0. The number of hydrogen-bond acceptors (Lipinski definition) is 4. The van der Waals surface area contributed by atoms with Gasteiger partial charge in [0.05, 0.1) is 0 Å². The summed E-state index contributed by atoms with van der Waals surface area (Å²) in [5, 5.41) is 7.72. The lowest BCUT2D eigenvalue weighted by atomic mass is 9.85. The highest BCUT2D eigenvalue weighted by Crippen LogP contribution is 2.36. The number of piperidine rings is 1. The van der Waals surface area contributed by atoms with Gasteiger partial charge in [-0.05, 0) is 62.9 Å². The van der Waals surface area contributed by atoms with Gasteiger partial charge in [0.15, 0.2) is 5.82 Å². The molecule has 1 saturated carbocycles. The Morgan fingerprint density at radius 1 is 1.35 bits per heavy atom. The van der Waals surface area contributed by atoms with Crippen molar-refractivity contribution in [3.8, 4) is 0 Å². The van der Waals surface area contributed by atoms with E-state index in [1.807, 2.05) is 0 Å². The molecule has 0 radical (unpaired) electrons. The average Bonchev–Trinajstić information content (AvgIpc) is 3.09. The molecule has 3 rings (SSSR count). The monoisotopic (exact) mass is 277 g/mol. The highest BCUT2D eigenvalue weighted by atomic mass is 16.5. The van der Waals surface area contributed by atoms with Gasteiger partial charge in [-0.25, -0.2) is 0 Å². The molecule has 0 bridgehead atoms. The van der Waals surface area contributed by atoms with E-state index in [-0.39, 0.29) is 0 Å². The standard InChI is InChI=1S/C16H27N3O/c1-11-5-6-13(8-11)16-18-15(20-19-16)9-12(2)14-4-3-7-17-10-14/h11-14,17H,3-10H2,1-2H3. The minimum atomic E-state index is 0.536. The van der Waals surface area contributed by atoms with E-state index in [1.54, 1.807) is 0 Å². The summed E-state index contributed by atoms with van der Waals surface area (Å²) in [6.07, 6.45) is 7.31. The summed E-state index contributed by atoms with van der Waals surface area (Å²) in [6.45, 7) is 6.95. The molecule has 0 amide bonds. The topological polar surface area (TPSA) is 51.0 Å². The van der Waals surface area contributed by atoms with Crippen molar-refractivity contribution in [2.75, 3.05) is 13.1 Å². The molecule has 4 atom stereocenters. The molecule has 1 aromatic heterocycles. The zero-order valence-corrected chi connectivity index (χ0v) is 12.8. The molecule has 1 N–H and O–H groups in total. The van der Waals surface area contributed by atoms with Crippen molar-refractivity contribution in [2.24, 2.45) is 17.8 Å². The van der Waals surface area contributed by atoms with Crippen molar-refractivity contribution in [1.29, 1.82) is 0 Å². The van der Waals surface area contributed by atoms with Gasteiger partial charge in [-0.1, -0.05) is 19.0 Å². The second-order valence-electron chi connectivity index (χ2n) is 6.95. The highest BCUT2D eigenvalue weighted by molar-refractivity contribution is 4.99. The molecule has 4 nitrogen and oxygen atoms in total. The highest BCUT2D eigenvalue weighted by Gasteiger charge is 2.28. The minimum absolute atomic E-state index is 0.536. The zero-order chi connectivity index (χ0) is 13.9. The number of nitrogens with one attached hydrogen (secondary N) is 1. The Balaban J connectivity index is 1.56. The fourth-order valence-corrected chi connectivity index (χ4v) is 3.76. The summed E-state index contributed by atoms with van der Waals surface area (Å²) < 4.78 is 5.49. The van der Waals surface area contributed by atoms with Gasteiger partial charge in [0, 0.05) is 12.3 Å². The molecule has 4 heteroatoms. The fourth-order valence-electron chi connectivity index (χ4n) is 3.76. The lowest BCUT2D eigenvalue weighted by Gasteiger charge is -2.27. The van der Waals surface area contributed by atoms with Crippen LogP contribution in [0.3, 0.4) is 0 Å². The van der Waals surface area contributed by atoms with E-state index in [0.717, 1.165) is 36.5 Å². The summed E-state index contributed by atoms with van der Waals surface area (Å²) in [6, 6.07) is 0. The van der Waals surface area contributed by atoms with Crippen LogP contribution in [0.1, 0.15) is 63.6 Å². The summed E-state index contributed by atoms with van der Waals surface area (Å²) >= 11 is 0. The molecule has 1 saturated heterocycles. The van der Waals surface area contributed by atoms with E-state index in [0.29, 0.717) is 11.8 Å². The first-order valence-electron chi connectivity index (χ1n) is 8.25. The maximum absolute atomic E-state index is 5.49. The van der Waals surface area contributed by atoms with E-state index >= 15 is 0 Å². The molecule has 2 heterocycles. The summed E-state index contributed by atoms with van der Waals surface area (Å²) in [7, 11) is 0. The van der Waals surface area contributed by atoms with Crippen LogP contribution in [0.4, 0.5) is 0 Å². The van der Waals surface area contributed by atoms with Crippen LogP contribution < -0.4 is 5.32 Å². The molecule has 1 aromatic rings. The molecule has 1 aliphatic carbocycles. The molecule has 2 aliphatic rings. The summed E-state index contributed by atoms with van der Waals surface area (Å²) in [4.78, 5) is 4.66. The van der Waals surface area contributed by atoms with Crippen molar-refractivity contribution in [2.45, 2.75) is 58.3 Å². The molecule has 0 spiro atoms. The van der Waals surface area contributed by atoms with Crippen molar-refractivity contribution >= 4 is 0 Å². The second kappa shape index (κ2) is 6.25. The van der Waals surface area contributed by atoms with Crippen molar-refractivity contribution in [1.82, 2.24) is 15.5 Å². The number of hydrogen-bond donors (Lipinski definition) is 1. The number of aromatic nitrogens is 2. The first-order chi connectivity index (χ1) is 9.72. The van der Waals surface area contributed by atoms with Crippen LogP contribution in [0.2, 0.25) is 0 Å². The summed E-state index contributed by atoms with van der Waals surface area (Å²) in [5.74, 6) is 4.53. The first-order valence-corrected chi connectivity index (χ1v) is 8.25. The zero-order valence-electron chi connectivity index (χ0n) is 12.8. The quantitative estimate of drug-likeness (QED) is 0.918. The average molecular weight is 277 g/mol. The van der Waals surface area contributed by atoms with E-state index in [1.165, 1.54) is 38.6 Å². The molecule has 20 heavy (non-hydrogen) atoms. The Kier molecular flexibility index (Phi) is 4.39. The van der Waals surface area contributed by atoms with Crippen molar-refractivity contribution in [3.05, 3.63) is 11.7 Å². The van der Waals surface area contributed by atoms with Gasteiger partial charge in [0.2, 0.25) is 5.89 Å². The van der Waals surface area contributed by atoms with Gasteiger partial charge in [-0.15, -0.1) is 0 Å². The smallest absolute Gasteiger partial charge is 0.226 e.